The van der Waals surface area contributed by atoms with Gasteiger partial charge in [-0.05, 0) is 38.0 Å². The van der Waals surface area contributed by atoms with Crippen LogP contribution in [0.4, 0.5) is 4.79 Å². The van der Waals surface area contributed by atoms with E-state index in [1.165, 1.54) is 77.0 Å². The largest absolute Gasteiger partial charge is 0.450 e. The summed E-state index contributed by atoms with van der Waals surface area (Å²) < 4.78 is 5.22. The summed E-state index contributed by atoms with van der Waals surface area (Å²) in [5.41, 5.74) is 0. The van der Waals surface area contributed by atoms with Crippen molar-refractivity contribution in [1.29, 1.82) is 0 Å². The monoisotopic (exact) mass is 411 g/mol. The Morgan fingerprint density at radius 3 is 1.90 bits per heavy atom. The molecule has 2 atom stereocenters. The van der Waals surface area contributed by atoms with E-state index in [4.69, 9.17) is 4.74 Å². The average molecular weight is 412 g/mol. The average Bonchev–Trinajstić information content (AvgIpc) is 2.73. The number of unbranched alkanes of at least 4 members (excludes halogenated alkanes) is 12. The fourth-order valence-corrected chi connectivity index (χ4v) is 3.36. The normalized spacial score (nSPS) is 13.5. The first kappa shape index (κ1) is 28.0. The lowest BCUT2D eigenvalue weighted by atomic mass is 10.0. The van der Waals surface area contributed by atoms with Crippen LogP contribution in [0.3, 0.4) is 0 Å². The molecule has 0 saturated heterocycles. The zero-order valence-corrected chi connectivity index (χ0v) is 19.6. The lowest BCUT2D eigenvalue weighted by Gasteiger charge is -2.21. The number of amides is 1. The quantitative estimate of drug-likeness (QED) is 0.165. The van der Waals surface area contributed by atoms with Gasteiger partial charge in [-0.3, -0.25) is 0 Å². The van der Waals surface area contributed by atoms with Crippen LogP contribution in [-0.4, -0.2) is 30.5 Å². The number of hydrogen-bond donors (Lipinski definition) is 2. The highest BCUT2D eigenvalue weighted by molar-refractivity contribution is 5.67. The SMILES string of the molecule is CCCCCCCC/C=C\CCCCCCCCOC(=O)N[C@H](CO)[C@H](C)CC. The second-order valence-electron chi connectivity index (χ2n) is 8.39. The predicted molar refractivity (Wildman–Crippen MR) is 124 cm³/mol. The minimum Gasteiger partial charge on any atom is -0.450 e. The third-order valence-corrected chi connectivity index (χ3v) is 5.72. The van der Waals surface area contributed by atoms with Gasteiger partial charge in [0.15, 0.2) is 0 Å². The number of rotatable bonds is 20. The van der Waals surface area contributed by atoms with Crippen molar-refractivity contribution in [2.75, 3.05) is 13.2 Å². The van der Waals surface area contributed by atoms with Crippen LogP contribution in [0.5, 0.6) is 0 Å². The van der Waals surface area contributed by atoms with Crippen LogP contribution in [-0.2, 0) is 4.74 Å². The molecule has 2 N–H and O–H groups in total. The molecule has 4 nitrogen and oxygen atoms in total. The number of aliphatic hydroxyl groups excluding tert-OH is 1. The highest BCUT2D eigenvalue weighted by atomic mass is 16.5. The van der Waals surface area contributed by atoms with Crippen LogP contribution in [0.25, 0.3) is 0 Å². The maximum absolute atomic E-state index is 11.7. The van der Waals surface area contributed by atoms with Crippen molar-refractivity contribution in [3.05, 3.63) is 12.2 Å². The van der Waals surface area contributed by atoms with E-state index in [1.54, 1.807) is 0 Å². The molecule has 0 fully saturated rings. The molecule has 0 unspecified atom stereocenters. The number of carbonyl (C=O) groups excluding carboxylic acids is 1. The molecule has 0 heterocycles. The summed E-state index contributed by atoms with van der Waals surface area (Å²) in [5.74, 6) is 0.248. The molecule has 0 bridgehead atoms. The van der Waals surface area contributed by atoms with Gasteiger partial charge in [0.2, 0.25) is 0 Å². The summed E-state index contributed by atoms with van der Waals surface area (Å²) in [4.78, 5) is 11.7. The molecule has 0 radical (unpaired) electrons. The first-order valence-corrected chi connectivity index (χ1v) is 12.3. The molecule has 0 aliphatic heterocycles. The first-order valence-electron chi connectivity index (χ1n) is 12.3. The Kier molecular flexibility index (Phi) is 20.9. The summed E-state index contributed by atoms with van der Waals surface area (Å²) in [6, 6.07) is -0.215. The van der Waals surface area contributed by atoms with Gasteiger partial charge in [-0.1, -0.05) is 97.1 Å². The molecular formula is C25H49NO3. The molecule has 0 aliphatic rings. The Morgan fingerprint density at radius 1 is 0.862 bits per heavy atom. The molecule has 0 aliphatic carbocycles. The van der Waals surface area contributed by atoms with Gasteiger partial charge in [0, 0.05) is 0 Å². The highest BCUT2D eigenvalue weighted by Gasteiger charge is 2.17. The minimum absolute atomic E-state index is 0.0433. The Labute approximate surface area is 180 Å². The predicted octanol–water partition coefficient (Wildman–Crippen LogP) is 7.16. The molecule has 0 aromatic rings. The first-order chi connectivity index (χ1) is 14.2. The van der Waals surface area contributed by atoms with Gasteiger partial charge in [-0.25, -0.2) is 4.79 Å². The maximum atomic E-state index is 11.7. The fourth-order valence-electron chi connectivity index (χ4n) is 3.36. The van der Waals surface area contributed by atoms with Crippen molar-refractivity contribution in [1.82, 2.24) is 5.32 Å². The van der Waals surface area contributed by atoms with Crippen LogP contribution in [0, 0.1) is 5.92 Å². The van der Waals surface area contributed by atoms with Crippen LogP contribution < -0.4 is 5.32 Å². The van der Waals surface area contributed by atoms with E-state index >= 15 is 0 Å². The molecule has 0 aromatic carbocycles. The summed E-state index contributed by atoms with van der Waals surface area (Å²) in [6.07, 6.45) is 23.0. The van der Waals surface area contributed by atoms with E-state index in [-0.39, 0.29) is 18.6 Å². The number of aliphatic hydroxyl groups is 1. The Morgan fingerprint density at radius 2 is 1.38 bits per heavy atom. The zero-order valence-electron chi connectivity index (χ0n) is 19.6. The molecule has 0 aromatic heterocycles. The Balaban J connectivity index is 3.36. The second kappa shape index (κ2) is 21.7. The third kappa shape index (κ3) is 18.7. The lowest BCUT2D eigenvalue weighted by molar-refractivity contribution is 0.125. The minimum atomic E-state index is -0.405. The van der Waals surface area contributed by atoms with Crippen molar-refractivity contribution in [3.8, 4) is 0 Å². The number of hydrogen-bond acceptors (Lipinski definition) is 3. The number of carbonyl (C=O) groups is 1. The molecule has 0 spiro atoms. The summed E-state index contributed by atoms with van der Waals surface area (Å²) in [5, 5.41) is 12.1. The van der Waals surface area contributed by atoms with E-state index in [2.05, 4.69) is 24.4 Å². The van der Waals surface area contributed by atoms with Crippen molar-refractivity contribution < 1.29 is 14.6 Å². The van der Waals surface area contributed by atoms with E-state index in [0.29, 0.717) is 6.61 Å². The van der Waals surface area contributed by atoms with Crippen molar-refractivity contribution in [3.63, 3.8) is 0 Å². The van der Waals surface area contributed by atoms with Crippen molar-refractivity contribution in [2.45, 2.75) is 123 Å². The molecule has 1 amide bonds. The molecule has 29 heavy (non-hydrogen) atoms. The maximum Gasteiger partial charge on any atom is 0.407 e. The van der Waals surface area contributed by atoms with Gasteiger partial charge in [0.05, 0.1) is 19.3 Å². The number of alkyl carbamates (subject to hydrolysis) is 1. The van der Waals surface area contributed by atoms with Gasteiger partial charge in [0.25, 0.3) is 0 Å². The van der Waals surface area contributed by atoms with Crippen LogP contribution in [0.2, 0.25) is 0 Å². The molecule has 172 valence electrons. The summed E-state index contributed by atoms with van der Waals surface area (Å²) >= 11 is 0. The molecule has 0 saturated carbocycles. The Hall–Kier alpha value is -1.03. The summed E-state index contributed by atoms with van der Waals surface area (Å²) in [7, 11) is 0. The van der Waals surface area contributed by atoms with E-state index in [0.717, 1.165) is 19.3 Å². The number of nitrogens with one attached hydrogen (secondary N) is 1. The Bertz CT molecular complexity index is 384. The number of ether oxygens (including phenoxy) is 1. The number of allylic oxidation sites excluding steroid dienone is 2. The molecular weight excluding hydrogens is 362 g/mol. The van der Waals surface area contributed by atoms with Crippen LogP contribution in [0.1, 0.15) is 117 Å². The molecule has 0 rings (SSSR count). The standard InChI is InChI=1S/C25H49NO3/c1-4-6-7-8-9-10-11-12-13-14-15-16-17-18-19-20-21-29-25(28)26-24(22-27)23(3)5-2/h12-13,23-24,27H,4-11,14-22H2,1-3H3,(H,26,28)/b13-12-/t23-,24-/m1/s1. The lowest BCUT2D eigenvalue weighted by Crippen LogP contribution is -2.42. The zero-order chi connectivity index (χ0) is 21.6. The second-order valence-corrected chi connectivity index (χ2v) is 8.39. The van der Waals surface area contributed by atoms with Gasteiger partial charge in [-0.2, -0.15) is 0 Å². The van der Waals surface area contributed by atoms with Crippen molar-refractivity contribution >= 4 is 6.09 Å². The highest BCUT2D eigenvalue weighted by Crippen LogP contribution is 2.10. The van der Waals surface area contributed by atoms with E-state index in [1.807, 2.05) is 13.8 Å². The van der Waals surface area contributed by atoms with Crippen LogP contribution >= 0.6 is 0 Å². The topological polar surface area (TPSA) is 58.6 Å². The van der Waals surface area contributed by atoms with E-state index in [9.17, 15) is 9.90 Å². The van der Waals surface area contributed by atoms with Gasteiger partial charge in [0.1, 0.15) is 0 Å². The smallest absolute Gasteiger partial charge is 0.407 e. The van der Waals surface area contributed by atoms with Crippen LogP contribution in [0.15, 0.2) is 12.2 Å². The summed E-state index contributed by atoms with van der Waals surface area (Å²) in [6.45, 7) is 6.76. The third-order valence-electron chi connectivity index (χ3n) is 5.72. The van der Waals surface area contributed by atoms with E-state index < -0.39 is 6.09 Å². The van der Waals surface area contributed by atoms with Crippen molar-refractivity contribution in [2.24, 2.45) is 5.92 Å². The fraction of sp³-hybridized carbons (Fsp3) is 0.880. The van der Waals surface area contributed by atoms with Gasteiger partial charge < -0.3 is 15.2 Å². The molecule has 4 heteroatoms. The van der Waals surface area contributed by atoms with Gasteiger partial charge >= 0.3 is 6.09 Å². The van der Waals surface area contributed by atoms with Gasteiger partial charge in [-0.15, -0.1) is 0 Å².